The molecule has 3 atom stereocenters. The van der Waals surface area contributed by atoms with Crippen LogP contribution in [-0.2, 0) is 24.2 Å². The molecule has 0 saturated carbocycles. The average molecular weight is 539 g/mol. The molecule has 0 spiro atoms. The van der Waals surface area contributed by atoms with Crippen molar-refractivity contribution in [3.63, 3.8) is 0 Å². The van der Waals surface area contributed by atoms with Gasteiger partial charge >= 0.3 is 0 Å². The van der Waals surface area contributed by atoms with Crippen LogP contribution in [0.2, 0.25) is 0 Å². The van der Waals surface area contributed by atoms with Crippen molar-refractivity contribution >= 4 is 28.7 Å². The lowest BCUT2D eigenvalue weighted by Crippen LogP contribution is -2.50. The number of hydrogen-bond donors (Lipinski definition) is 4. The smallest absolute Gasteiger partial charge is 0.233 e. The van der Waals surface area contributed by atoms with E-state index < -0.39 is 29.0 Å². The molecule has 4 aromatic rings. The number of rotatable bonds is 12. The van der Waals surface area contributed by atoms with Gasteiger partial charge < -0.3 is 20.7 Å². The normalized spacial score (nSPS) is 13.8. The number of aliphatic hydroxyl groups excluding tert-OH is 1. The zero-order valence-corrected chi connectivity index (χ0v) is 22.2. The predicted molar refractivity (Wildman–Crippen MR) is 147 cm³/mol. The van der Waals surface area contributed by atoms with Gasteiger partial charge in [0.15, 0.2) is 5.16 Å². The van der Waals surface area contributed by atoms with E-state index in [4.69, 9.17) is 0 Å². The van der Waals surface area contributed by atoms with Crippen LogP contribution >= 0.6 is 11.8 Å². The minimum absolute atomic E-state index is 0.0661. The van der Waals surface area contributed by atoms with E-state index in [1.807, 2.05) is 36.4 Å². The van der Waals surface area contributed by atoms with E-state index in [9.17, 15) is 18.7 Å². The van der Waals surface area contributed by atoms with Crippen molar-refractivity contribution in [1.82, 2.24) is 20.6 Å². The first-order valence-electron chi connectivity index (χ1n) is 12.6. The number of H-pyrrole nitrogens is 1. The number of aromatic nitrogens is 2. The molecule has 1 heterocycles. The van der Waals surface area contributed by atoms with Gasteiger partial charge in [0.05, 0.1) is 28.4 Å². The third-order valence-electron chi connectivity index (χ3n) is 6.28. The molecule has 4 N–H and O–H groups in total. The number of thioether (sulfide) groups is 1. The van der Waals surface area contributed by atoms with Crippen LogP contribution in [0.3, 0.4) is 0 Å². The molecule has 0 saturated heterocycles. The Morgan fingerprint density at radius 1 is 1.03 bits per heavy atom. The van der Waals surface area contributed by atoms with Crippen LogP contribution in [0, 0.1) is 11.6 Å². The molecular weight excluding hydrogens is 506 g/mol. The van der Waals surface area contributed by atoms with Crippen molar-refractivity contribution in [3.05, 3.63) is 95.1 Å². The fourth-order valence-corrected chi connectivity index (χ4v) is 5.07. The van der Waals surface area contributed by atoms with Crippen LogP contribution in [0.4, 0.5) is 8.78 Å². The molecule has 0 fully saturated rings. The number of hydrogen-bond acceptors (Lipinski definition) is 5. The molecule has 4 rings (SSSR count). The van der Waals surface area contributed by atoms with Gasteiger partial charge in [-0.05, 0) is 60.7 Å². The lowest BCUT2D eigenvalue weighted by atomic mass is 10.00. The maximum atomic E-state index is 13.8. The maximum Gasteiger partial charge on any atom is 0.233 e. The Labute approximate surface area is 225 Å². The second-order valence-electron chi connectivity index (χ2n) is 9.29. The van der Waals surface area contributed by atoms with Crippen LogP contribution in [0.25, 0.3) is 11.0 Å². The molecule has 200 valence electrons. The molecule has 0 aliphatic carbocycles. The van der Waals surface area contributed by atoms with Crippen LogP contribution in [0.5, 0.6) is 0 Å². The fourth-order valence-electron chi connectivity index (χ4n) is 4.24. The molecule has 1 unspecified atom stereocenters. The predicted octanol–water partition coefficient (Wildman–Crippen LogP) is 4.76. The van der Waals surface area contributed by atoms with E-state index in [2.05, 4.69) is 39.7 Å². The molecule has 1 aromatic heterocycles. The zero-order valence-electron chi connectivity index (χ0n) is 21.4. The number of halogens is 2. The molecule has 3 aromatic carbocycles. The van der Waals surface area contributed by atoms with Crippen molar-refractivity contribution < 1.29 is 18.7 Å². The SMILES string of the molecule is CCc1cccc(CNC[C@H](O)[C@H](Cc2cc(F)cc(F)c2)NC(=O)C(C)Sc2nc3ccccc3[nH]2)c1. The van der Waals surface area contributed by atoms with Gasteiger partial charge in [-0.2, -0.15) is 0 Å². The second-order valence-corrected chi connectivity index (χ2v) is 10.6. The summed E-state index contributed by atoms with van der Waals surface area (Å²) in [5.41, 5.74) is 4.33. The lowest BCUT2D eigenvalue weighted by Gasteiger charge is -2.26. The van der Waals surface area contributed by atoms with E-state index in [0.29, 0.717) is 17.3 Å². The van der Waals surface area contributed by atoms with Crippen LogP contribution < -0.4 is 10.6 Å². The Bertz CT molecular complexity index is 1330. The van der Waals surface area contributed by atoms with Gasteiger partial charge in [0.2, 0.25) is 5.91 Å². The maximum absolute atomic E-state index is 13.8. The highest BCUT2D eigenvalue weighted by atomic mass is 32.2. The summed E-state index contributed by atoms with van der Waals surface area (Å²) in [6, 6.07) is 18.2. The second kappa shape index (κ2) is 13.0. The molecule has 38 heavy (non-hydrogen) atoms. The van der Waals surface area contributed by atoms with Gasteiger partial charge in [-0.3, -0.25) is 4.79 Å². The Morgan fingerprint density at radius 2 is 1.76 bits per heavy atom. The summed E-state index contributed by atoms with van der Waals surface area (Å²) in [5, 5.41) is 17.2. The number of carbonyl (C=O) groups excluding carboxylic acids is 1. The van der Waals surface area contributed by atoms with Crippen LogP contribution in [-0.4, -0.2) is 44.9 Å². The number of benzene rings is 3. The highest BCUT2D eigenvalue weighted by Gasteiger charge is 2.25. The minimum atomic E-state index is -0.997. The van der Waals surface area contributed by atoms with Crippen molar-refractivity contribution in [3.8, 4) is 0 Å². The summed E-state index contributed by atoms with van der Waals surface area (Å²) >= 11 is 1.26. The van der Waals surface area contributed by atoms with Gasteiger partial charge in [-0.25, -0.2) is 13.8 Å². The first kappa shape index (κ1) is 27.8. The van der Waals surface area contributed by atoms with Crippen molar-refractivity contribution in [1.29, 1.82) is 0 Å². The Balaban J connectivity index is 1.42. The Kier molecular flexibility index (Phi) is 9.49. The number of nitrogens with one attached hydrogen (secondary N) is 3. The number of para-hydroxylation sites is 2. The number of aliphatic hydroxyl groups is 1. The van der Waals surface area contributed by atoms with Crippen LogP contribution in [0.1, 0.15) is 30.5 Å². The molecule has 1 amide bonds. The quantitative estimate of drug-likeness (QED) is 0.195. The molecule has 9 heteroatoms. The first-order valence-corrected chi connectivity index (χ1v) is 13.5. The first-order chi connectivity index (χ1) is 18.3. The van der Waals surface area contributed by atoms with E-state index >= 15 is 0 Å². The van der Waals surface area contributed by atoms with Crippen LogP contribution in [0.15, 0.2) is 71.9 Å². The van der Waals surface area contributed by atoms with E-state index in [1.54, 1.807) is 6.92 Å². The molecule has 0 bridgehead atoms. The summed E-state index contributed by atoms with van der Waals surface area (Å²) in [4.78, 5) is 20.8. The van der Waals surface area contributed by atoms with E-state index in [1.165, 1.54) is 29.5 Å². The summed E-state index contributed by atoms with van der Waals surface area (Å²) in [7, 11) is 0. The van der Waals surface area contributed by atoms with E-state index in [0.717, 1.165) is 29.1 Å². The summed E-state index contributed by atoms with van der Waals surface area (Å²) < 4.78 is 27.7. The topological polar surface area (TPSA) is 90.0 Å². The third-order valence-corrected chi connectivity index (χ3v) is 7.26. The van der Waals surface area contributed by atoms with Crippen molar-refractivity contribution in [2.75, 3.05) is 6.54 Å². The number of carbonyl (C=O) groups is 1. The Morgan fingerprint density at radius 3 is 2.50 bits per heavy atom. The van der Waals surface area contributed by atoms with Gasteiger partial charge in [0.1, 0.15) is 11.6 Å². The van der Waals surface area contributed by atoms with Gasteiger partial charge in [0.25, 0.3) is 0 Å². The van der Waals surface area contributed by atoms with Crippen molar-refractivity contribution in [2.45, 2.75) is 55.8 Å². The third kappa shape index (κ3) is 7.63. The van der Waals surface area contributed by atoms with Gasteiger partial charge in [-0.1, -0.05) is 55.1 Å². The number of aryl methyl sites for hydroxylation is 1. The van der Waals surface area contributed by atoms with Gasteiger partial charge in [0, 0.05) is 19.2 Å². The highest BCUT2D eigenvalue weighted by Crippen LogP contribution is 2.24. The van der Waals surface area contributed by atoms with Crippen molar-refractivity contribution in [2.24, 2.45) is 0 Å². The molecule has 6 nitrogen and oxygen atoms in total. The molecule has 0 aliphatic rings. The van der Waals surface area contributed by atoms with Gasteiger partial charge in [-0.15, -0.1) is 0 Å². The monoisotopic (exact) mass is 538 g/mol. The molecule has 0 aliphatic heterocycles. The summed E-state index contributed by atoms with van der Waals surface area (Å²) in [6.07, 6.45) is -0.00155. The summed E-state index contributed by atoms with van der Waals surface area (Å²) in [5.74, 6) is -1.73. The molecule has 0 radical (unpaired) electrons. The number of nitrogens with zero attached hydrogens (tertiary/aromatic N) is 1. The number of aromatic amines is 1. The Hall–Kier alpha value is -3.27. The average Bonchev–Trinajstić information content (AvgIpc) is 3.30. The number of fused-ring (bicyclic) bond motifs is 1. The minimum Gasteiger partial charge on any atom is -0.390 e. The number of imidazole rings is 1. The lowest BCUT2D eigenvalue weighted by molar-refractivity contribution is -0.121. The summed E-state index contributed by atoms with van der Waals surface area (Å²) in [6.45, 7) is 4.56. The standard InChI is InChI=1S/C29H32F2N4O2S/c1-3-19-7-6-8-20(11-19)16-32-17-27(36)26(14-21-12-22(30)15-23(31)13-21)33-28(37)18(2)38-29-34-24-9-4-5-10-25(24)35-29/h4-13,15,18,26-27,32,36H,3,14,16-17H2,1-2H3,(H,33,37)(H,34,35)/t18?,26-,27-/m0/s1. The molecular formula is C29H32F2N4O2S. The number of amides is 1. The fraction of sp³-hybridized carbons (Fsp3) is 0.310. The zero-order chi connectivity index (χ0) is 27.1. The largest absolute Gasteiger partial charge is 0.390 e. The highest BCUT2D eigenvalue weighted by molar-refractivity contribution is 8.00. The van der Waals surface area contributed by atoms with E-state index in [-0.39, 0.29) is 18.9 Å².